The molecule has 0 bridgehead atoms. The summed E-state index contributed by atoms with van der Waals surface area (Å²) in [4.78, 5) is 60.5. The molecular weight excluding hydrogens is 472 g/mol. The number of carboxylic acid groups (broad SMARTS) is 2. The second-order valence-corrected chi connectivity index (χ2v) is 9.76. The first-order chi connectivity index (χ1) is 15.4. The van der Waals surface area contributed by atoms with Crippen LogP contribution in [0.4, 0.5) is 0 Å². The topological polar surface area (TPSA) is 188 Å². The van der Waals surface area contributed by atoms with Crippen molar-refractivity contribution in [3.63, 3.8) is 0 Å². The Hall–Kier alpha value is -1.99. The lowest BCUT2D eigenvalue weighted by molar-refractivity contribution is -0.143. The number of carboxylic acids is 2. The Labute approximate surface area is 202 Å². The highest BCUT2D eigenvalue weighted by atomic mass is 32.2. The zero-order valence-corrected chi connectivity index (χ0v) is 21.1. The van der Waals surface area contributed by atoms with Gasteiger partial charge in [0, 0.05) is 6.42 Å². The zero-order valence-electron chi connectivity index (χ0n) is 19.5. The summed E-state index contributed by atoms with van der Waals surface area (Å²) in [5.41, 5.74) is 5.84. The van der Waals surface area contributed by atoms with Crippen LogP contribution in [0.15, 0.2) is 0 Å². The standard InChI is InChI=1S/C20H36N4O7S2/c1-11(2)16(20(30)31)24-19(29)14(8-10-33-4)23-18(28)13(5-6-15(25)26)22-17(27)12(21)7-9-32-3/h11-14,16H,5-10,21H2,1-4H3,(H,22,27)(H,23,28)(H,24,29)(H,25,26)(H,30,31). The Morgan fingerprint density at radius 2 is 1.27 bits per heavy atom. The van der Waals surface area contributed by atoms with Crippen LogP contribution in [0.1, 0.15) is 39.5 Å². The van der Waals surface area contributed by atoms with Gasteiger partial charge in [0.2, 0.25) is 17.7 Å². The van der Waals surface area contributed by atoms with Crippen LogP contribution in [-0.4, -0.2) is 88.1 Å². The molecule has 0 aromatic heterocycles. The molecule has 0 saturated carbocycles. The Bertz CT molecular complexity index is 679. The molecule has 0 aromatic rings. The highest BCUT2D eigenvalue weighted by molar-refractivity contribution is 7.98. The Kier molecular flexibility index (Phi) is 15.6. The normalized spacial score (nSPS) is 14.6. The molecule has 0 aliphatic heterocycles. The molecule has 0 saturated heterocycles. The minimum atomic E-state index is -1.21. The van der Waals surface area contributed by atoms with Crippen LogP contribution in [0.3, 0.4) is 0 Å². The molecule has 0 spiro atoms. The summed E-state index contributed by atoms with van der Waals surface area (Å²) in [6, 6.07) is -4.27. The van der Waals surface area contributed by atoms with E-state index < -0.39 is 53.8 Å². The summed E-state index contributed by atoms with van der Waals surface area (Å²) < 4.78 is 0. The molecule has 0 aliphatic carbocycles. The average Bonchev–Trinajstić information content (AvgIpc) is 2.74. The van der Waals surface area contributed by atoms with Crippen LogP contribution < -0.4 is 21.7 Å². The van der Waals surface area contributed by atoms with Gasteiger partial charge in [0.15, 0.2) is 0 Å². The predicted octanol–water partition coefficient (Wildman–Crippen LogP) is -0.120. The summed E-state index contributed by atoms with van der Waals surface area (Å²) >= 11 is 2.95. The van der Waals surface area contributed by atoms with Crippen LogP contribution in [0.2, 0.25) is 0 Å². The fourth-order valence-corrected chi connectivity index (χ4v) is 3.70. The van der Waals surface area contributed by atoms with E-state index in [-0.39, 0.29) is 25.2 Å². The van der Waals surface area contributed by atoms with Gasteiger partial charge in [0.1, 0.15) is 18.1 Å². The maximum absolute atomic E-state index is 12.9. The average molecular weight is 509 g/mol. The van der Waals surface area contributed by atoms with Gasteiger partial charge in [-0.2, -0.15) is 23.5 Å². The Balaban J connectivity index is 5.46. The number of nitrogens with two attached hydrogens (primary N) is 1. The van der Waals surface area contributed by atoms with E-state index in [0.717, 1.165) is 0 Å². The number of hydrogen-bond donors (Lipinski definition) is 6. The third-order valence-corrected chi connectivity index (χ3v) is 6.01. The van der Waals surface area contributed by atoms with Crippen molar-refractivity contribution in [1.82, 2.24) is 16.0 Å². The molecule has 0 aliphatic rings. The second kappa shape index (κ2) is 16.6. The largest absolute Gasteiger partial charge is 0.481 e. The third kappa shape index (κ3) is 12.7. The molecule has 0 radical (unpaired) electrons. The molecule has 0 fully saturated rings. The number of carbonyl (C=O) groups excluding carboxylic acids is 3. The fraction of sp³-hybridized carbons (Fsp3) is 0.750. The number of aliphatic carboxylic acids is 2. The summed E-state index contributed by atoms with van der Waals surface area (Å²) in [6.07, 6.45) is 3.70. The third-order valence-electron chi connectivity index (χ3n) is 4.72. The van der Waals surface area contributed by atoms with Crippen molar-refractivity contribution < 1.29 is 34.2 Å². The van der Waals surface area contributed by atoms with E-state index in [0.29, 0.717) is 17.9 Å². The molecule has 13 heteroatoms. The molecule has 11 nitrogen and oxygen atoms in total. The number of amides is 3. The monoisotopic (exact) mass is 508 g/mol. The molecule has 0 heterocycles. The molecule has 190 valence electrons. The van der Waals surface area contributed by atoms with Gasteiger partial charge in [-0.3, -0.25) is 19.2 Å². The minimum absolute atomic E-state index is 0.192. The highest BCUT2D eigenvalue weighted by Crippen LogP contribution is 2.08. The molecule has 0 aromatic carbocycles. The molecule has 33 heavy (non-hydrogen) atoms. The number of carbonyl (C=O) groups is 5. The molecule has 3 amide bonds. The van der Waals surface area contributed by atoms with Gasteiger partial charge in [-0.05, 0) is 49.2 Å². The van der Waals surface area contributed by atoms with Crippen molar-refractivity contribution in [3.8, 4) is 0 Å². The van der Waals surface area contributed by atoms with Gasteiger partial charge in [-0.25, -0.2) is 4.79 Å². The van der Waals surface area contributed by atoms with Crippen molar-refractivity contribution in [2.75, 3.05) is 24.0 Å². The van der Waals surface area contributed by atoms with E-state index in [9.17, 15) is 29.1 Å². The number of thioether (sulfide) groups is 2. The number of rotatable bonds is 17. The van der Waals surface area contributed by atoms with Crippen molar-refractivity contribution >= 4 is 53.2 Å². The molecule has 4 unspecified atom stereocenters. The SMILES string of the molecule is CSCCC(N)C(=O)NC(CCC(=O)O)C(=O)NC(CCSC)C(=O)NC(C(=O)O)C(C)C. The fourth-order valence-electron chi connectivity index (χ4n) is 2.74. The lowest BCUT2D eigenvalue weighted by Crippen LogP contribution is -2.57. The van der Waals surface area contributed by atoms with Crippen LogP contribution in [0.25, 0.3) is 0 Å². The lowest BCUT2D eigenvalue weighted by atomic mass is 10.0. The lowest BCUT2D eigenvalue weighted by Gasteiger charge is -2.26. The first-order valence-corrected chi connectivity index (χ1v) is 13.3. The van der Waals surface area contributed by atoms with Crippen molar-refractivity contribution in [2.45, 2.75) is 63.7 Å². The second-order valence-electron chi connectivity index (χ2n) is 7.79. The quantitative estimate of drug-likeness (QED) is 0.154. The molecule has 7 N–H and O–H groups in total. The van der Waals surface area contributed by atoms with E-state index in [2.05, 4.69) is 16.0 Å². The van der Waals surface area contributed by atoms with Crippen molar-refractivity contribution in [1.29, 1.82) is 0 Å². The van der Waals surface area contributed by atoms with Gasteiger partial charge in [-0.15, -0.1) is 0 Å². The highest BCUT2D eigenvalue weighted by Gasteiger charge is 2.31. The van der Waals surface area contributed by atoms with E-state index in [1.165, 1.54) is 23.5 Å². The van der Waals surface area contributed by atoms with Gasteiger partial charge in [0.05, 0.1) is 6.04 Å². The van der Waals surface area contributed by atoms with Crippen LogP contribution >= 0.6 is 23.5 Å². The summed E-state index contributed by atoms with van der Waals surface area (Å²) in [5, 5.41) is 25.8. The summed E-state index contributed by atoms with van der Waals surface area (Å²) in [7, 11) is 0. The summed E-state index contributed by atoms with van der Waals surface area (Å²) in [5.74, 6) is -3.58. The summed E-state index contributed by atoms with van der Waals surface area (Å²) in [6.45, 7) is 3.29. The number of hydrogen-bond acceptors (Lipinski definition) is 8. The maximum Gasteiger partial charge on any atom is 0.326 e. The van der Waals surface area contributed by atoms with Crippen LogP contribution in [-0.2, 0) is 24.0 Å². The van der Waals surface area contributed by atoms with Crippen molar-refractivity contribution in [2.24, 2.45) is 11.7 Å². The minimum Gasteiger partial charge on any atom is -0.481 e. The van der Waals surface area contributed by atoms with Crippen LogP contribution in [0.5, 0.6) is 0 Å². The van der Waals surface area contributed by atoms with Gasteiger partial charge < -0.3 is 31.9 Å². The maximum atomic E-state index is 12.9. The Morgan fingerprint density at radius 3 is 1.76 bits per heavy atom. The van der Waals surface area contributed by atoms with E-state index >= 15 is 0 Å². The smallest absolute Gasteiger partial charge is 0.326 e. The first kappa shape index (κ1) is 31.0. The predicted molar refractivity (Wildman–Crippen MR) is 129 cm³/mol. The van der Waals surface area contributed by atoms with E-state index in [1.807, 2.05) is 12.5 Å². The Morgan fingerprint density at radius 1 is 0.788 bits per heavy atom. The number of nitrogens with one attached hydrogen (secondary N) is 3. The first-order valence-electron chi connectivity index (χ1n) is 10.5. The van der Waals surface area contributed by atoms with Gasteiger partial charge >= 0.3 is 11.9 Å². The van der Waals surface area contributed by atoms with Crippen LogP contribution in [0, 0.1) is 5.92 Å². The van der Waals surface area contributed by atoms with Gasteiger partial charge in [-0.1, -0.05) is 13.8 Å². The van der Waals surface area contributed by atoms with E-state index in [4.69, 9.17) is 10.8 Å². The molecule has 0 rings (SSSR count). The molecule has 4 atom stereocenters. The molecular formula is C20H36N4O7S2. The van der Waals surface area contributed by atoms with Gasteiger partial charge in [0.25, 0.3) is 0 Å². The van der Waals surface area contributed by atoms with Crippen molar-refractivity contribution in [3.05, 3.63) is 0 Å². The zero-order chi connectivity index (χ0) is 25.6. The van der Waals surface area contributed by atoms with E-state index in [1.54, 1.807) is 13.8 Å².